The number of nitrogens with two attached hydrogens (primary N) is 1. The number of piperazine rings is 1. The van der Waals surface area contributed by atoms with E-state index in [-0.39, 0.29) is 30.2 Å². The average molecular weight is 629 g/mol. The van der Waals surface area contributed by atoms with Crippen LogP contribution < -0.4 is 16.0 Å². The van der Waals surface area contributed by atoms with Gasteiger partial charge in [-0.1, -0.05) is 43.1 Å². The standard InChI is InChI=1S/C30H38Cl2F3N5O2/c1-18(2)14-24(36)22-16-20(30(33,34)35)5-7-26(22)38-10-12-39(13-11-38)29(42)27(40-9-8-25(37-3)28(40)41)15-19-4-6-21(31)17-23(19)32/h4-7,16-18,24-25,27,37H,8-15,36H2,1-3H3. The second-order valence-corrected chi connectivity index (χ2v) is 12.3. The van der Waals surface area contributed by atoms with Gasteiger partial charge in [-0.2, -0.15) is 13.2 Å². The number of carbonyl (C=O) groups is 2. The normalized spacial score (nSPS) is 19.5. The fraction of sp³-hybridized carbons (Fsp3) is 0.533. The number of anilines is 1. The zero-order chi connectivity index (χ0) is 30.8. The molecule has 7 nitrogen and oxygen atoms in total. The molecule has 3 atom stereocenters. The maximum Gasteiger partial charge on any atom is 0.416 e. The van der Waals surface area contributed by atoms with Crippen LogP contribution in [0.1, 0.15) is 49.4 Å². The van der Waals surface area contributed by atoms with Crippen molar-refractivity contribution >= 4 is 40.7 Å². The number of hydrogen-bond donors (Lipinski definition) is 2. The smallest absolute Gasteiger partial charge is 0.368 e. The summed E-state index contributed by atoms with van der Waals surface area (Å²) in [6.07, 6.45) is -3.10. The number of nitrogens with zero attached hydrogens (tertiary/aromatic N) is 3. The molecule has 0 bridgehead atoms. The first kappa shape index (κ1) is 32.4. The maximum atomic E-state index is 14.0. The number of carbonyl (C=O) groups excluding carboxylic acids is 2. The molecule has 0 aliphatic carbocycles. The van der Waals surface area contributed by atoms with Gasteiger partial charge < -0.3 is 25.8 Å². The first-order chi connectivity index (χ1) is 19.8. The Balaban J connectivity index is 1.55. The van der Waals surface area contributed by atoms with Crippen LogP contribution in [0.15, 0.2) is 36.4 Å². The van der Waals surface area contributed by atoms with Gasteiger partial charge in [0.1, 0.15) is 6.04 Å². The largest absolute Gasteiger partial charge is 0.416 e. The molecule has 2 aliphatic rings. The van der Waals surface area contributed by atoms with Crippen LogP contribution in [0.25, 0.3) is 0 Å². The van der Waals surface area contributed by atoms with Gasteiger partial charge in [-0.05, 0) is 67.3 Å². The summed E-state index contributed by atoms with van der Waals surface area (Å²) in [5.41, 5.74) is 7.50. The first-order valence-corrected chi connectivity index (χ1v) is 15.0. The molecule has 2 heterocycles. The highest BCUT2D eigenvalue weighted by Crippen LogP contribution is 2.37. The fourth-order valence-electron chi connectivity index (χ4n) is 5.83. The quantitative estimate of drug-likeness (QED) is 0.402. The number of likely N-dealkylation sites (tertiary alicyclic amines) is 1. The molecule has 12 heteroatoms. The lowest BCUT2D eigenvalue weighted by Gasteiger charge is -2.40. The number of likely N-dealkylation sites (N-methyl/N-ethyl adjacent to an activating group) is 1. The Hall–Kier alpha value is -2.53. The molecule has 0 spiro atoms. The molecule has 3 N–H and O–H groups in total. The minimum absolute atomic E-state index is 0.131. The second kappa shape index (κ2) is 13.4. The van der Waals surface area contributed by atoms with Gasteiger partial charge in [0.05, 0.1) is 11.6 Å². The van der Waals surface area contributed by atoms with E-state index in [4.69, 9.17) is 28.9 Å². The minimum atomic E-state index is -4.47. The molecule has 230 valence electrons. The molecule has 0 radical (unpaired) electrons. The number of rotatable bonds is 9. The second-order valence-electron chi connectivity index (χ2n) is 11.4. The highest BCUT2D eigenvalue weighted by Gasteiger charge is 2.41. The molecule has 42 heavy (non-hydrogen) atoms. The van der Waals surface area contributed by atoms with Crippen LogP contribution in [-0.4, -0.2) is 73.5 Å². The lowest BCUT2D eigenvalue weighted by molar-refractivity contribution is -0.144. The summed E-state index contributed by atoms with van der Waals surface area (Å²) in [5.74, 6) is -0.109. The van der Waals surface area contributed by atoms with E-state index < -0.39 is 23.8 Å². The van der Waals surface area contributed by atoms with Gasteiger partial charge in [0.25, 0.3) is 0 Å². The minimum Gasteiger partial charge on any atom is -0.368 e. The van der Waals surface area contributed by atoms with Crippen LogP contribution in [0, 0.1) is 5.92 Å². The molecule has 2 amide bonds. The highest BCUT2D eigenvalue weighted by molar-refractivity contribution is 6.35. The topological polar surface area (TPSA) is 81.9 Å². The third-order valence-corrected chi connectivity index (χ3v) is 8.68. The van der Waals surface area contributed by atoms with Gasteiger partial charge in [0, 0.05) is 60.9 Å². The average Bonchev–Trinajstić information content (AvgIpc) is 3.31. The van der Waals surface area contributed by atoms with Crippen LogP contribution >= 0.6 is 23.2 Å². The van der Waals surface area contributed by atoms with Gasteiger partial charge >= 0.3 is 6.18 Å². The molecule has 2 aliphatic heterocycles. The zero-order valence-electron chi connectivity index (χ0n) is 24.1. The van der Waals surface area contributed by atoms with Gasteiger partial charge in [0.15, 0.2) is 0 Å². The Labute approximate surface area is 255 Å². The zero-order valence-corrected chi connectivity index (χ0v) is 25.6. The van der Waals surface area contributed by atoms with E-state index in [0.717, 1.165) is 12.1 Å². The van der Waals surface area contributed by atoms with E-state index >= 15 is 0 Å². The number of benzene rings is 2. The van der Waals surface area contributed by atoms with E-state index in [2.05, 4.69) is 5.32 Å². The van der Waals surface area contributed by atoms with Crippen molar-refractivity contribution in [1.29, 1.82) is 0 Å². The van der Waals surface area contributed by atoms with Crippen molar-refractivity contribution in [2.24, 2.45) is 11.7 Å². The van der Waals surface area contributed by atoms with Gasteiger partial charge in [0.2, 0.25) is 11.8 Å². The van der Waals surface area contributed by atoms with E-state index in [9.17, 15) is 22.8 Å². The molecule has 2 saturated heterocycles. The lowest BCUT2D eigenvalue weighted by Crippen LogP contribution is -2.56. The summed E-state index contributed by atoms with van der Waals surface area (Å²) in [6, 6.07) is 7.16. The summed E-state index contributed by atoms with van der Waals surface area (Å²) in [7, 11) is 1.72. The van der Waals surface area contributed by atoms with Gasteiger partial charge in [-0.25, -0.2) is 0 Å². The number of amides is 2. The van der Waals surface area contributed by atoms with Crippen LogP contribution in [-0.2, 0) is 22.2 Å². The number of alkyl halides is 3. The van der Waals surface area contributed by atoms with Crippen molar-refractivity contribution in [2.75, 3.05) is 44.7 Å². The van der Waals surface area contributed by atoms with Gasteiger partial charge in [-0.3, -0.25) is 9.59 Å². The third-order valence-electron chi connectivity index (χ3n) is 8.09. The van der Waals surface area contributed by atoms with Crippen molar-refractivity contribution in [2.45, 2.75) is 57.4 Å². The molecule has 2 fully saturated rings. The SMILES string of the molecule is CNC1CCN(C(Cc2ccc(Cl)cc2Cl)C(=O)N2CCN(c3ccc(C(F)(F)F)cc3C(N)CC(C)C)CC2)C1=O. The van der Waals surface area contributed by atoms with Crippen molar-refractivity contribution in [1.82, 2.24) is 15.1 Å². The molecule has 4 rings (SSSR count). The van der Waals surface area contributed by atoms with Crippen molar-refractivity contribution < 1.29 is 22.8 Å². The van der Waals surface area contributed by atoms with E-state index in [1.54, 1.807) is 35.0 Å². The first-order valence-electron chi connectivity index (χ1n) is 14.2. The van der Waals surface area contributed by atoms with Crippen LogP contribution in [0.5, 0.6) is 0 Å². The van der Waals surface area contributed by atoms with Crippen LogP contribution in [0.3, 0.4) is 0 Å². The highest BCUT2D eigenvalue weighted by atomic mass is 35.5. The van der Waals surface area contributed by atoms with Crippen molar-refractivity contribution in [3.05, 3.63) is 63.1 Å². The number of nitrogens with one attached hydrogen (secondary N) is 1. The van der Waals surface area contributed by atoms with E-state index in [1.807, 2.05) is 18.7 Å². The molecular formula is C30H38Cl2F3N5O2. The predicted octanol–water partition coefficient (Wildman–Crippen LogP) is 5.14. The molecule has 3 unspecified atom stereocenters. The maximum absolute atomic E-state index is 14.0. The monoisotopic (exact) mass is 627 g/mol. The molecular weight excluding hydrogens is 590 g/mol. The van der Waals surface area contributed by atoms with Crippen LogP contribution in [0.4, 0.5) is 18.9 Å². The Bertz CT molecular complexity index is 1280. The summed E-state index contributed by atoms with van der Waals surface area (Å²) in [5, 5.41) is 3.92. The fourth-order valence-corrected chi connectivity index (χ4v) is 6.32. The molecule has 0 aromatic heterocycles. The summed E-state index contributed by atoms with van der Waals surface area (Å²) >= 11 is 12.5. The van der Waals surface area contributed by atoms with E-state index in [1.165, 1.54) is 6.07 Å². The summed E-state index contributed by atoms with van der Waals surface area (Å²) in [4.78, 5) is 32.5. The summed E-state index contributed by atoms with van der Waals surface area (Å²) < 4.78 is 40.6. The van der Waals surface area contributed by atoms with Crippen molar-refractivity contribution in [3.63, 3.8) is 0 Å². The van der Waals surface area contributed by atoms with Crippen molar-refractivity contribution in [3.8, 4) is 0 Å². The Morgan fingerprint density at radius 1 is 1.07 bits per heavy atom. The van der Waals surface area contributed by atoms with E-state index in [0.29, 0.717) is 72.4 Å². The van der Waals surface area contributed by atoms with Gasteiger partial charge in [-0.15, -0.1) is 0 Å². The lowest BCUT2D eigenvalue weighted by atomic mass is 9.94. The molecule has 2 aromatic carbocycles. The number of halogens is 5. The molecule has 2 aromatic rings. The third kappa shape index (κ3) is 7.33. The summed E-state index contributed by atoms with van der Waals surface area (Å²) in [6.45, 7) is 5.93. The Morgan fingerprint density at radius 3 is 2.33 bits per heavy atom. The predicted molar refractivity (Wildman–Crippen MR) is 160 cm³/mol. The van der Waals surface area contributed by atoms with Crippen LogP contribution in [0.2, 0.25) is 10.0 Å². The Kier molecular flexibility index (Phi) is 10.3. The Morgan fingerprint density at radius 2 is 1.76 bits per heavy atom. The number of hydrogen-bond acceptors (Lipinski definition) is 5. The molecule has 0 saturated carbocycles.